The molecule has 0 fully saturated rings. The van der Waals surface area contributed by atoms with Crippen molar-refractivity contribution in [2.24, 2.45) is 0 Å². The number of nitro benzene ring substituents is 1. The van der Waals surface area contributed by atoms with Gasteiger partial charge >= 0.3 is 0 Å². The second kappa shape index (κ2) is 3.78. The van der Waals surface area contributed by atoms with Gasteiger partial charge in [-0.15, -0.1) is 11.6 Å². The molecule has 0 radical (unpaired) electrons. The molecule has 1 aromatic carbocycles. The standard InChI is InChI=1S/C9H6ClN3O2/c10-4-6-5-11-8-2-1-7(13(14)15)3-9(8)12-6/h1-3,5H,4H2. The number of nitro groups is 1. The summed E-state index contributed by atoms with van der Waals surface area (Å²) in [5, 5.41) is 10.5. The molecule has 0 aliphatic rings. The van der Waals surface area contributed by atoms with E-state index in [1.165, 1.54) is 12.1 Å². The van der Waals surface area contributed by atoms with Crippen LogP contribution in [-0.4, -0.2) is 14.9 Å². The number of hydrogen-bond acceptors (Lipinski definition) is 4. The van der Waals surface area contributed by atoms with Crippen LogP contribution in [0.5, 0.6) is 0 Å². The minimum absolute atomic E-state index is 0.00326. The molecule has 0 aliphatic carbocycles. The topological polar surface area (TPSA) is 68.9 Å². The van der Waals surface area contributed by atoms with E-state index in [9.17, 15) is 10.1 Å². The van der Waals surface area contributed by atoms with E-state index in [0.29, 0.717) is 16.7 Å². The smallest absolute Gasteiger partial charge is 0.258 e. The van der Waals surface area contributed by atoms with E-state index in [1.807, 2.05) is 0 Å². The van der Waals surface area contributed by atoms with E-state index in [4.69, 9.17) is 11.6 Å². The maximum Gasteiger partial charge on any atom is 0.271 e. The van der Waals surface area contributed by atoms with E-state index in [0.717, 1.165) is 0 Å². The molecule has 1 aromatic heterocycles. The van der Waals surface area contributed by atoms with Crippen LogP contribution in [0, 0.1) is 10.1 Å². The maximum atomic E-state index is 10.5. The lowest BCUT2D eigenvalue weighted by Gasteiger charge is -1.98. The third kappa shape index (κ3) is 1.87. The summed E-state index contributed by atoms with van der Waals surface area (Å²) in [5.74, 6) is 0.242. The number of fused-ring (bicyclic) bond motifs is 1. The molecule has 0 atom stereocenters. The Kier molecular flexibility index (Phi) is 2.47. The molecule has 6 heteroatoms. The minimum Gasteiger partial charge on any atom is -0.258 e. The first-order chi connectivity index (χ1) is 7.20. The SMILES string of the molecule is O=[N+]([O-])c1ccc2ncc(CCl)nc2c1. The van der Waals surface area contributed by atoms with Crippen LogP contribution < -0.4 is 0 Å². The summed E-state index contributed by atoms with van der Waals surface area (Å²) in [6.45, 7) is 0. The van der Waals surface area contributed by atoms with Crippen molar-refractivity contribution in [3.63, 3.8) is 0 Å². The average molecular weight is 224 g/mol. The molecular weight excluding hydrogens is 218 g/mol. The van der Waals surface area contributed by atoms with Gasteiger partial charge in [-0.2, -0.15) is 0 Å². The number of rotatable bonds is 2. The lowest BCUT2D eigenvalue weighted by Crippen LogP contribution is -1.92. The molecule has 0 unspecified atom stereocenters. The number of alkyl halides is 1. The van der Waals surface area contributed by atoms with Crippen molar-refractivity contribution in [2.45, 2.75) is 5.88 Å². The van der Waals surface area contributed by atoms with Crippen LogP contribution in [0.4, 0.5) is 5.69 Å². The van der Waals surface area contributed by atoms with Gasteiger partial charge in [0.1, 0.15) is 0 Å². The number of benzene rings is 1. The zero-order chi connectivity index (χ0) is 10.8. The largest absolute Gasteiger partial charge is 0.271 e. The lowest BCUT2D eigenvalue weighted by atomic mass is 10.2. The summed E-state index contributed by atoms with van der Waals surface area (Å²) in [5.41, 5.74) is 1.71. The molecule has 0 amide bonds. The third-order valence-electron chi connectivity index (χ3n) is 1.92. The molecule has 5 nitrogen and oxygen atoms in total. The molecule has 0 bridgehead atoms. The van der Waals surface area contributed by atoms with Gasteiger partial charge in [-0.25, -0.2) is 4.98 Å². The van der Waals surface area contributed by atoms with Gasteiger partial charge in [-0.05, 0) is 6.07 Å². The Bertz CT molecular complexity index is 530. The Hall–Kier alpha value is -1.75. The van der Waals surface area contributed by atoms with Crippen molar-refractivity contribution >= 4 is 28.3 Å². The molecule has 0 saturated heterocycles. The molecule has 15 heavy (non-hydrogen) atoms. The van der Waals surface area contributed by atoms with Crippen molar-refractivity contribution in [2.75, 3.05) is 0 Å². The van der Waals surface area contributed by atoms with E-state index < -0.39 is 4.92 Å². The highest BCUT2D eigenvalue weighted by Gasteiger charge is 2.07. The molecule has 0 saturated carbocycles. The monoisotopic (exact) mass is 223 g/mol. The predicted molar refractivity (Wildman–Crippen MR) is 55.7 cm³/mol. The van der Waals surface area contributed by atoms with Crippen LogP contribution in [0.3, 0.4) is 0 Å². The Morgan fingerprint density at radius 1 is 1.40 bits per heavy atom. The van der Waals surface area contributed by atoms with Gasteiger partial charge in [0.15, 0.2) is 0 Å². The third-order valence-corrected chi connectivity index (χ3v) is 2.20. The quantitative estimate of drug-likeness (QED) is 0.445. The fraction of sp³-hybridized carbons (Fsp3) is 0.111. The number of halogens is 1. The molecule has 2 aromatic rings. The van der Waals surface area contributed by atoms with Gasteiger partial charge in [0.05, 0.1) is 33.7 Å². The summed E-state index contributed by atoms with van der Waals surface area (Å²) >= 11 is 5.59. The Labute approximate surface area is 89.9 Å². The molecule has 76 valence electrons. The fourth-order valence-corrected chi connectivity index (χ4v) is 1.34. The van der Waals surface area contributed by atoms with Gasteiger partial charge in [0.2, 0.25) is 0 Å². The Morgan fingerprint density at radius 3 is 2.87 bits per heavy atom. The maximum absolute atomic E-state index is 10.5. The summed E-state index contributed by atoms with van der Waals surface area (Å²) in [4.78, 5) is 18.3. The van der Waals surface area contributed by atoms with Crippen LogP contribution in [0.1, 0.15) is 5.69 Å². The average Bonchev–Trinajstić information content (AvgIpc) is 2.27. The number of nitrogens with zero attached hydrogens (tertiary/aromatic N) is 3. The second-order valence-electron chi connectivity index (χ2n) is 2.93. The molecule has 0 spiro atoms. The van der Waals surface area contributed by atoms with Gasteiger partial charge in [-0.1, -0.05) is 0 Å². The highest BCUT2D eigenvalue weighted by molar-refractivity contribution is 6.16. The predicted octanol–water partition coefficient (Wildman–Crippen LogP) is 2.28. The number of hydrogen-bond donors (Lipinski definition) is 0. The zero-order valence-electron chi connectivity index (χ0n) is 7.55. The van der Waals surface area contributed by atoms with Crippen LogP contribution in [0.25, 0.3) is 11.0 Å². The first-order valence-corrected chi connectivity index (χ1v) is 4.70. The van der Waals surface area contributed by atoms with Gasteiger partial charge < -0.3 is 0 Å². The van der Waals surface area contributed by atoms with Crippen molar-refractivity contribution in [1.82, 2.24) is 9.97 Å². The van der Waals surface area contributed by atoms with Gasteiger partial charge in [0.25, 0.3) is 5.69 Å². The van der Waals surface area contributed by atoms with Crippen LogP contribution in [0.15, 0.2) is 24.4 Å². The summed E-state index contributed by atoms with van der Waals surface area (Å²) < 4.78 is 0. The zero-order valence-corrected chi connectivity index (χ0v) is 8.31. The van der Waals surface area contributed by atoms with Crippen LogP contribution >= 0.6 is 11.6 Å². The minimum atomic E-state index is -0.464. The summed E-state index contributed by atoms with van der Waals surface area (Å²) in [7, 11) is 0. The molecule has 1 heterocycles. The van der Waals surface area contributed by atoms with Crippen molar-refractivity contribution in [3.05, 3.63) is 40.2 Å². The Morgan fingerprint density at radius 2 is 2.20 bits per heavy atom. The van der Waals surface area contributed by atoms with E-state index in [2.05, 4.69) is 9.97 Å². The fourth-order valence-electron chi connectivity index (χ4n) is 1.22. The van der Waals surface area contributed by atoms with Crippen LogP contribution in [0.2, 0.25) is 0 Å². The first kappa shape index (κ1) is 9.79. The van der Waals surface area contributed by atoms with Crippen molar-refractivity contribution < 1.29 is 4.92 Å². The molecule has 0 aliphatic heterocycles. The first-order valence-electron chi connectivity index (χ1n) is 4.17. The highest BCUT2D eigenvalue weighted by atomic mass is 35.5. The van der Waals surface area contributed by atoms with Gasteiger partial charge in [-0.3, -0.25) is 15.1 Å². The highest BCUT2D eigenvalue weighted by Crippen LogP contribution is 2.17. The lowest BCUT2D eigenvalue weighted by molar-refractivity contribution is -0.384. The van der Waals surface area contributed by atoms with E-state index in [1.54, 1.807) is 12.3 Å². The van der Waals surface area contributed by atoms with Crippen molar-refractivity contribution in [1.29, 1.82) is 0 Å². The normalized spacial score (nSPS) is 10.5. The molecular formula is C9H6ClN3O2. The number of aromatic nitrogens is 2. The van der Waals surface area contributed by atoms with Crippen LogP contribution in [-0.2, 0) is 5.88 Å². The summed E-state index contributed by atoms with van der Waals surface area (Å²) in [6.07, 6.45) is 1.56. The van der Waals surface area contributed by atoms with E-state index in [-0.39, 0.29) is 11.6 Å². The van der Waals surface area contributed by atoms with E-state index >= 15 is 0 Å². The number of non-ortho nitro benzene ring substituents is 1. The molecule has 0 N–H and O–H groups in total. The summed E-state index contributed by atoms with van der Waals surface area (Å²) in [6, 6.07) is 4.36. The van der Waals surface area contributed by atoms with Crippen molar-refractivity contribution in [3.8, 4) is 0 Å². The van der Waals surface area contributed by atoms with Gasteiger partial charge in [0, 0.05) is 12.1 Å². The second-order valence-corrected chi connectivity index (χ2v) is 3.19. The Balaban J connectivity index is 2.62. The molecule has 2 rings (SSSR count).